The molecule has 8 heteroatoms. The largest absolute Gasteiger partial charge is 0.366 e. The normalized spacial score (nSPS) is 10.9. The zero-order valence-corrected chi connectivity index (χ0v) is 19.1. The number of amides is 1. The van der Waals surface area contributed by atoms with Crippen LogP contribution < -0.4 is 15.6 Å². The number of halogens is 1. The fraction of sp³-hybridized carbons (Fsp3) is 0.0400. The van der Waals surface area contributed by atoms with Crippen LogP contribution in [0.1, 0.15) is 15.9 Å². The van der Waals surface area contributed by atoms with Crippen LogP contribution >= 0.6 is 15.9 Å². The number of hydrogen-bond acceptors (Lipinski definition) is 4. The summed E-state index contributed by atoms with van der Waals surface area (Å²) in [6.45, 7) is 0.635. The van der Waals surface area contributed by atoms with Crippen LogP contribution in [0.3, 0.4) is 0 Å². The number of nitrogens with zero attached hydrogens (tertiary/aromatic N) is 3. The highest BCUT2D eigenvalue weighted by atomic mass is 79.9. The lowest BCUT2D eigenvalue weighted by molar-refractivity contribution is -0.564. The lowest BCUT2D eigenvalue weighted by Gasteiger charge is -2.06. The maximum atomic E-state index is 11.3. The minimum atomic E-state index is -0.430. The molecule has 162 valence electrons. The van der Waals surface area contributed by atoms with Crippen molar-refractivity contribution in [3.63, 3.8) is 0 Å². The van der Waals surface area contributed by atoms with Crippen molar-refractivity contribution in [2.45, 2.75) is 6.54 Å². The lowest BCUT2D eigenvalue weighted by atomic mass is 10.0. The first kappa shape index (κ1) is 20.8. The third-order valence-electron chi connectivity index (χ3n) is 5.37. The number of carbonyl (C=O) groups is 1. The number of pyridine rings is 1. The van der Waals surface area contributed by atoms with E-state index in [0.717, 1.165) is 43.9 Å². The summed E-state index contributed by atoms with van der Waals surface area (Å²) in [5, 5.41) is 6.68. The van der Waals surface area contributed by atoms with Gasteiger partial charge in [-0.2, -0.15) is 0 Å². The van der Waals surface area contributed by atoms with Crippen LogP contribution in [0, 0.1) is 0 Å². The number of fused-ring (bicyclic) bond motifs is 1. The van der Waals surface area contributed by atoms with Crippen LogP contribution in [0.4, 0.5) is 5.82 Å². The van der Waals surface area contributed by atoms with E-state index in [9.17, 15) is 4.79 Å². The summed E-state index contributed by atoms with van der Waals surface area (Å²) in [6, 6.07) is 21.4. The van der Waals surface area contributed by atoms with Crippen LogP contribution in [0.2, 0.25) is 0 Å². The monoisotopic (exact) mass is 499 g/mol. The van der Waals surface area contributed by atoms with E-state index in [4.69, 9.17) is 10.7 Å². The number of rotatable bonds is 6. The van der Waals surface area contributed by atoms with Gasteiger partial charge in [0, 0.05) is 29.1 Å². The summed E-state index contributed by atoms with van der Waals surface area (Å²) in [6.07, 6.45) is 5.47. The summed E-state index contributed by atoms with van der Waals surface area (Å²) in [7, 11) is 0. The number of H-pyrrole nitrogens is 1. The summed E-state index contributed by atoms with van der Waals surface area (Å²) >= 11 is 3.58. The molecule has 0 aliphatic rings. The molecule has 0 spiro atoms. The van der Waals surface area contributed by atoms with E-state index in [2.05, 4.69) is 31.3 Å². The van der Waals surface area contributed by atoms with Crippen molar-refractivity contribution >= 4 is 33.3 Å². The van der Waals surface area contributed by atoms with Gasteiger partial charge in [0.25, 0.3) is 0 Å². The molecule has 0 fully saturated rings. The number of nitrogens with one attached hydrogen (secondary N) is 2. The third-order valence-corrected chi connectivity index (χ3v) is 5.95. The second-order valence-electron chi connectivity index (χ2n) is 7.54. The highest BCUT2D eigenvalue weighted by molar-refractivity contribution is 9.10. The first-order chi connectivity index (χ1) is 16.1. The van der Waals surface area contributed by atoms with E-state index < -0.39 is 5.91 Å². The molecule has 0 bridgehead atoms. The average molecular weight is 500 g/mol. The molecule has 0 saturated heterocycles. The number of benzene rings is 2. The van der Waals surface area contributed by atoms with E-state index in [0.29, 0.717) is 12.1 Å². The zero-order valence-electron chi connectivity index (χ0n) is 17.5. The minimum Gasteiger partial charge on any atom is -0.366 e. The van der Waals surface area contributed by atoms with Crippen molar-refractivity contribution in [1.29, 1.82) is 0 Å². The van der Waals surface area contributed by atoms with Crippen molar-refractivity contribution in [1.82, 2.24) is 15.1 Å². The summed E-state index contributed by atoms with van der Waals surface area (Å²) in [5.41, 5.74) is 11.6. The van der Waals surface area contributed by atoms with Crippen LogP contribution in [0.5, 0.6) is 0 Å². The molecule has 0 aliphatic heterocycles. The summed E-state index contributed by atoms with van der Waals surface area (Å²) in [5.74, 6) is 0.454. The number of carbonyl (C=O) groups excluding carboxylic acids is 1. The number of aromatic amines is 1. The smallest absolute Gasteiger partial charge is 0.301 e. The molecule has 5 rings (SSSR count). The molecule has 4 N–H and O–H groups in total. The molecule has 0 aliphatic carbocycles. The Morgan fingerprint density at radius 3 is 2.39 bits per heavy atom. The number of nitrogens with two attached hydrogens (primary N) is 1. The van der Waals surface area contributed by atoms with Gasteiger partial charge in [-0.25, -0.2) is 5.10 Å². The van der Waals surface area contributed by atoms with E-state index in [-0.39, 0.29) is 0 Å². The Labute approximate surface area is 198 Å². The van der Waals surface area contributed by atoms with Crippen molar-refractivity contribution < 1.29 is 9.31 Å². The number of aromatic nitrogens is 4. The Morgan fingerprint density at radius 2 is 1.73 bits per heavy atom. The number of anilines is 1. The molecule has 1 amide bonds. The van der Waals surface area contributed by atoms with Crippen LogP contribution in [-0.2, 0) is 6.54 Å². The molecule has 0 saturated carbocycles. The second-order valence-corrected chi connectivity index (χ2v) is 8.40. The Hall–Kier alpha value is -4.04. The van der Waals surface area contributed by atoms with Gasteiger partial charge in [-0.3, -0.25) is 15.1 Å². The average Bonchev–Trinajstić information content (AvgIpc) is 3.24. The van der Waals surface area contributed by atoms with Gasteiger partial charge >= 0.3 is 5.65 Å². The Kier molecular flexibility index (Phi) is 5.58. The van der Waals surface area contributed by atoms with Gasteiger partial charge < -0.3 is 5.73 Å². The van der Waals surface area contributed by atoms with Gasteiger partial charge in [0.05, 0.1) is 18.8 Å². The molecule has 0 atom stereocenters. The maximum Gasteiger partial charge on any atom is 0.301 e. The van der Waals surface area contributed by atoms with Crippen molar-refractivity contribution in [2.75, 3.05) is 5.32 Å². The fourth-order valence-electron chi connectivity index (χ4n) is 3.61. The quantitative estimate of drug-likeness (QED) is 0.302. The van der Waals surface area contributed by atoms with E-state index in [1.165, 1.54) is 0 Å². The summed E-state index contributed by atoms with van der Waals surface area (Å²) < 4.78 is 2.78. The first-order valence-corrected chi connectivity index (χ1v) is 11.1. The Balaban J connectivity index is 1.46. The second kappa shape index (κ2) is 8.84. The van der Waals surface area contributed by atoms with E-state index in [1.807, 2.05) is 71.5 Å². The highest BCUT2D eigenvalue weighted by Crippen LogP contribution is 2.26. The maximum absolute atomic E-state index is 11.3. The van der Waals surface area contributed by atoms with Gasteiger partial charge in [-0.1, -0.05) is 47.4 Å². The molecular formula is C25H20BrN6O+. The molecule has 7 nitrogen and oxygen atoms in total. The Bertz CT molecular complexity index is 1430. The first-order valence-electron chi connectivity index (χ1n) is 10.3. The molecule has 33 heavy (non-hydrogen) atoms. The number of primary amides is 1. The van der Waals surface area contributed by atoms with E-state index in [1.54, 1.807) is 18.3 Å². The van der Waals surface area contributed by atoms with Crippen molar-refractivity contribution in [3.05, 3.63) is 101 Å². The van der Waals surface area contributed by atoms with Gasteiger partial charge in [-0.15, -0.1) is 4.52 Å². The van der Waals surface area contributed by atoms with Crippen LogP contribution in [-0.4, -0.2) is 21.0 Å². The molecule has 5 aromatic rings. The SMILES string of the molecule is NC(=O)c1ccc(-c2ccc(-c3cc(NCc4cccnc4)[n+]4[nH]cc(Br)c4n3)cc2)cc1. The molecule has 3 heterocycles. The molecular weight excluding hydrogens is 480 g/mol. The number of hydrogen-bond donors (Lipinski definition) is 3. The lowest BCUT2D eigenvalue weighted by Crippen LogP contribution is -2.29. The fourth-order valence-corrected chi connectivity index (χ4v) is 3.98. The van der Waals surface area contributed by atoms with Gasteiger partial charge in [0.15, 0.2) is 5.69 Å². The van der Waals surface area contributed by atoms with Crippen LogP contribution in [0.15, 0.2) is 89.8 Å². The predicted octanol–water partition coefficient (Wildman–Crippen LogP) is 4.35. The third kappa shape index (κ3) is 4.33. The topological polar surface area (TPSA) is 101 Å². The van der Waals surface area contributed by atoms with Crippen molar-refractivity contribution in [3.8, 4) is 22.4 Å². The predicted molar refractivity (Wildman–Crippen MR) is 130 cm³/mol. The zero-order chi connectivity index (χ0) is 22.8. The molecule has 3 aromatic heterocycles. The highest BCUT2D eigenvalue weighted by Gasteiger charge is 2.18. The van der Waals surface area contributed by atoms with Gasteiger partial charge in [0.1, 0.15) is 4.47 Å². The van der Waals surface area contributed by atoms with Gasteiger partial charge in [-0.05, 0) is 45.3 Å². The summed E-state index contributed by atoms with van der Waals surface area (Å²) in [4.78, 5) is 20.3. The standard InChI is InChI=1S/C25H19BrN6O/c26-21-15-30-32-23(29-14-16-2-1-11-28-13-16)12-22(31-25(21)32)19-7-3-17(4-8-19)18-5-9-20(10-6-18)24(27)33/h1-13,15H,14H2,(H3,27,29,30,31,33)/p+1. The molecule has 0 unspecified atom stereocenters. The van der Waals surface area contributed by atoms with Gasteiger partial charge in [0.2, 0.25) is 11.7 Å². The minimum absolute atomic E-state index is 0.430. The van der Waals surface area contributed by atoms with Crippen LogP contribution in [0.25, 0.3) is 28.0 Å². The molecule has 2 aromatic carbocycles. The molecule has 0 radical (unpaired) electrons. The Morgan fingerprint density at radius 1 is 1.03 bits per heavy atom. The van der Waals surface area contributed by atoms with Crippen molar-refractivity contribution in [2.24, 2.45) is 5.73 Å². The van der Waals surface area contributed by atoms with E-state index >= 15 is 0 Å².